The normalized spacial score (nSPS) is 17.4. The van der Waals surface area contributed by atoms with Crippen molar-refractivity contribution in [3.05, 3.63) is 53.8 Å². The molecular formula is C19H23ClN2O2. The van der Waals surface area contributed by atoms with Gasteiger partial charge in [-0.1, -0.05) is 11.6 Å². The number of likely N-dealkylation sites (tertiary alicyclic amines) is 1. The summed E-state index contributed by atoms with van der Waals surface area (Å²) in [5.74, 6) is 1.76. The summed E-state index contributed by atoms with van der Waals surface area (Å²) in [6.45, 7) is 5.85. The van der Waals surface area contributed by atoms with E-state index in [4.69, 9.17) is 21.1 Å². The molecule has 128 valence electrons. The molecular weight excluding hydrogens is 324 g/mol. The molecule has 0 unspecified atom stereocenters. The van der Waals surface area contributed by atoms with Crippen molar-refractivity contribution in [3.63, 3.8) is 0 Å². The number of aromatic nitrogens is 1. The fraction of sp³-hybridized carbons (Fsp3) is 0.421. The molecule has 0 bridgehead atoms. The van der Waals surface area contributed by atoms with Crippen molar-refractivity contribution in [1.29, 1.82) is 0 Å². The molecule has 1 aliphatic rings. The van der Waals surface area contributed by atoms with Gasteiger partial charge in [-0.3, -0.25) is 9.88 Å². The molecule has 1 aliphatic heterocycles. The number of hydrogen-bond donors (Lipinski definition) is 0. The van der Waals surface area contributed by atoms with Crippen LogP contribution >= 0.6 is 11.6 Å². The molecule has 24 heavy (non-hydrogen) atoms. The maximum Gasteiger partial charge on any atom is 0.122 e. The van der Waals surface area contributed by atoms with Crippen molar-refractivity contribution >= 4 is 11.6 Å². The quantitative estimate of drug-likeness (QED) is 0.790. The third-order valence-corrected chi connectivity index (χ3v) is 4.67. The molecule has 5 heteroatoms. The van der Waals surface area contributed by atoms with Crippen LogP contribution in [0.3, 0.4) is 0 Å². The first-order chi connectivity index (χ1) is 11.6. The molecule has 0 spiro atoms. The molecule has 0 radical (unpaired) electrons. The first-order valence-electron chi connectivity index (χ1n) is 8.33. The molecule has 4 nitrogen and oxygen atoms in total. The van der Waals surface area contributed by atoms with Gasteiger partial charge in [-0.2, -0.15) is 0 Å². The monoisotopic (exact) mass is 346 g/mol. The molecule has 0 aliphatic carbocycles. The molecule has 1 aromatic carbocycles. The van der Waals surface area contributed by atoms with Crippen LogP contribution in [0.2, 0.25) is 5.02 Å². The Balaban J connectivity index is 1.42. The number of benzene rings is 1. The Morgan fingerprint density at radius 2 is 1.71 bits per heavy atom. The summed E-state index contributed by atoms with van der Waals surface area (Å²) in [6.07, 6.45) is 5.50. The molecule has 3 rings (SSSR count). The summed E-state index contributed by atoms with van der Waals surface area (Å²) in [7, 11) is 0. The third-order valence-electron chi connectivity index (χ3n) is 4.42. The Labute approximate surface area is 148 Å². The van der Waals surface area contributed by atoms with E-state index in [1.54, 1.807) is 12.4 Å². The van der Waals surface area contributed by atoms with Crippen molar-refractivity contribution in [1.82, 2.24) is 9.88 Å². The Morgan fingerprint density at radius 1 is 1.04 bits per heavy atom. The van der Waals surface area contributed by atoms with Gasteiger partial charge in [0.2, 0.25) is 0 Å². The van der Waals surface area contributed by atoms with E-state index in [9.17, 15) is 0 Å². The molecule has 0 atom stereocenters. The largest absolute Gasteiger partial charge is 0.492 e. The zero-order valence-electron chi connectivity index (χ0n) is 14.0. The van der Waals surface area contributed by atoms with Crippen LogP contribution in [-0.2, 0) is 0 Å². The summed E-state index contributed by atoms with van der Waals surface area (Å²) in [6, 6.07) is 11.4. The van der Waals surface area contributed by atoms with Crippen LogP contribution in [0.4, 0.5) is 0 Å². The zero-order chi connectivity index (χ0) is 16.8. The lowest BCUT2D eigenvalue weighted by molar-refractivity contribution is 0.0135. The summed E-state index contributed by atoms with van der Waals surface area (Å²) in [5.41, 5.74) is -0.115. The van der Waals surface area contributed by atoms with Crippen LogP contribution in [0.1, 0.15) is 19.8 Å². The average molecular weight is 347 g/mol. The van der Waals surface area contributed by atoms with E-state index < -0.39 is 0 Å². The van der Waals surface area contributed by atoms with Crippen LogP contribution in [0, 0.1) is 0 Å². The van der Waals surface area contributed by atoms with Gasteiger partial charge in [-0.05, 0) is 56.2 Å². The maximum absolute atomic E-state index is 6.20. The van der Waals surface area contributed by atoms with Gasteiger partial charge in [-0.25, -0.2) is 0 Å². The molecule has 0 amide bonds. The van der Waals surface area contributed by atoms with E-state index in [-0.39, 0.29) is 5.60 Å². The molecule has 2 aromatic rings. The van der Waals surface area contributed by atoms with Crippen LogP contribution in [-0.4, -0.2) is 41.7 Å². The zero-order valence-corrected chi connectivity index (χ0v) is 14.7. The Bertz CT molecular complexity index is 626. The summed E-state index contributed by atoms with van der Waals surface area (Å²) in [5, 5.41) is 0.733. The van der Waals surface area contributed by atoms with E-state index in [1.807, 2.05) is 36.4 Å². The minimum absolute atomic E-state index is 0.115. The highest BCUT2D eigenvalue weighted by molar-refractivity contribution is 6.30. The second-order valence-corrected chi connectivity index (χ2v) is 6.82. The van der Waals surface area contributed by atoms with Crippen LogP contribution in [0.5, 0.6) is 11.5 Å². The Hall–Kier alpha value is -1.78. The fourth-order valence-corrected chi connectivity index (χ4v) is 2.99. The van der Waals surface area contributed by atoms with E-state index in [0.717, 1.165) is 49.0 Å². The second kappa shape index (κ2) is 7.86. The van der Waals surface area contributed by atoms with E-state index in [0.29, 0.717) is 6.61 Å². The Kier molecular flexibility index (Phi) is 5.59. The van der Waals surface area contributed by atoms with E-state index in [1.165, 1.54) is 0 Å². The number of ether oxygens (including phenoxy) is 2. The molecule has 1 saturated heterocycles. The molecule has 0 saturated carbocycles. The minimum atomic E-state index is -0.115. The van der Waals surface area contributed by atoms with Crippen molar-refractivity contribution in [2.45, 2.75) is 25.4 Å². The number of halogens is 1. The Morgan fingerprint density at radius 3 is 2.38 bits per heavy atom. The average Bonchev–Trinajstić information content (AvgIpc) is 2.60. The second-order valence-electron chi connectivity index (χ2n) is 6.38. The number of nitrogens with zero attached hydrogens (tertiary/aromatic N) is 2. The van der Waals surface area contributed by atoms with Crippen LogP contribution in [0.15, 0.2) is 48.8 Å². The highest BCUT2D eigenvalue weighted by Crippen LogP contribution is 2.29. The van der Waals surface area contributed by atoms with Gasteiger partial charge in [0.05, 0.1) is 0 Å². The lowest BCUT2D eigenvalue weighted by atomic mass is 9.93. The summed E-state index contributed by atoms with van der Waals surface area (Å²) < 4.78 is 11.9. The predicted octanol–water partition coefficient (Wildman–Crippen LogP) is 4.05. The lowest BCUT2D eigenvalue weighted by Gasteiger charge is -2.39. The van der Waals surface area contributed by atoms with Gasteiger partial charge < -0.3 is 9.47 Å². The number of hydrogen-bond acceptors (Lipinski definition) is 4. The van der Waals surface area contributed by atoms with Gasteiger partial charge >= 0.3 is 0 Å². The minimum Gasteiger partial charge on any atom is -0.492 e. The molecule has 2 heterocycles. The smallest absolute Gasteiger partial charge is 0.122 e. The van der Waals surface area contributed by atoms with Crippen molar-refractivity contribution in [2.75, 3.05) is 26.2 Å². The van der Waals surface area contributed by atoms with Gasteiger partial charge in [0.25, 0.3) is 0 Å². The van der Waals surface area contributed by atoms with Crippen LogP contribution < -0.4 is 9.47 Å². The molecule has 0 N–H and O–H groups in total. The predicted molar refractivity (Wildman–Crippen MR) is 95.9 cm³/mol. The third kappa shape index (κ3) is 4.86. The van der Waals surface area contributed by atoms with Crippen molar-refractivity contribution in [2.24, 2.45) is 0 Å². The maximum atomic E-state index is 6.20. The van der Waals surface area contributed by atoms with Gasteiger partial charge in [0, 0.05) is 37.1 Å². The standard InChI is InChI=1S/C19H23ClN2O2/c1-19(24-18-4-2-16(20)3-5-18)8-12-22(13-9-19)14-15-23-17-6-10-21-11-7-17/h2-7,10-11H,8-9,12-15H2,1H3. The number of rotatable bonds is 6. The first kappa shape index (κ1) is 17.1. The van der Waals surface area contributed by atoms with Crippen LogP contribution in [0.25, 0.3) is 0 Å². The topological polar surface area (TPSA) is 34.6 Å². The van der Waals surface area contributed by atoms with Crippen molar-refractivity contribution in [3.8, 4) is 11.5 Å². The summed E-state index contributed by atoms with van der Waals surface area (Å²) >= 11 is 5.92. The number of piperidine rings is 1. The highest BCUT2D eigenvalue weighted by atomic mass is 35.5. The lowest BCUT2D eigenvalue weighted by Crippen LogP contribution is -2.47. The summed E-state index contributed by atoms with van der Waals surface area (Å²) in [4.78, 5) is 6.41. The highest BCUT2D eigenvalue weighted by Gasteiger charge is 2.31. The van der Waals surface area contributed by atoms with Gasteiger partial charge in [0.15, 0.2) is 0 Å². The number of pyridine rings is 1. The fourth-order valence-electron chi connectivity index (χ4n) is 2.87. The van der Waals surface area contributed by atoms with E-state index >= 15 is 0 Å². The first-order valence-corrected chi connectivity index (χ1v) is 8.71. The molecule has 1 fully saturated rings. The van der Waals surface area contributed by atoms with Gasteiger partial charge in [-0.15, -0.1) is 0 Å². The van der Waals surface area contributed by atoms with Gasteiger partial charge in [0.1, 0.15) is 23.7 Å². The SMILES string of the molecule is CC1(Oc2ccc(Cl)cc2)CCN(CCOc2ccncc2)CC1. The molecule has 1 aromatic heterocycles. The van der Waals surface area contributed by atoms with E-state index in [2.05, 4.69) is 16.8 Å². The van der Waals surface area contributed by atoms with Crippen molar-refractivity contribution < 1.29 is 9.47 Å².